The van der Waals surface area contributed by atoms with Gasteiger partial charge < -0.3 is 40.0 Å². The van der Waals surface area contributed by atoms with Crippen LogP contribution in [0.3, 0.4) is 0 Å². The second kappa shape index (κ2) is 15.9. The molecule has 0 spiro atoms. The molecule has 0 aliphatic heterocycles. The van der Waals surface area contributed by atoms with Crippen LogP contribution in [-0.2, 0) is 15.1 Å². The Labute approximate surface area is 297 Å². The summed E-state index contributed by atoms with van der Waals surface area (Å²) in [4.78, 5) is 12.7. The first-order valence-electron chi connectivity index (χ1n) is 16.9. The number of hydrogen-bond donors (Lipinski definition) is 5. The number of amides is 1. The molecular formula is C42H43NO8. The fourth-order valence-electron chi connectivity index (χ4n) is 6.76. The highest BCUT2D eigenvalue weighted by Crippen LogP contribution is 2.45. The molecule has 1 aliphatic carbocycles. The van der Waals surface area contributed by atoms with Crippen LogP contribution < -0.4 is 10.1 Å². The maximum absolute atomic E-state index is 12.7. The minimum absolute atomic E-state index is 0.0789. The molecule has 0 fully saturated rings. The maximum atomic E-state index is 12.7. The lowest BCUT2D eigenvalue weighted by Gasteiger charge is -2.37. The second-order valence-corrected chi connectivity index (χ2v) is 12.8. The molecule has 0 aromatic heterocycles. The molecule has 51 heavy (non-hydrogen) atoms. The van der Waals surface area contributed by atoms with Crippen LogP contribution in [-0.4, -0.2) is 77.8 Å². The van der Waals surface area contributed by atoms with E-state index in [-0.39, 0.29) is 12.5 Å². The van der Waals surface area contributed by atoms with Crippen LogP contribution in [0.5, 0.6) is 5.75 Å². The Morgan fingerprint density at radius 3 is 1.78 bits per heavy atom. The van der Waals surface area contributed by atoms with Gasteiger partial charge in [-0.25, -0.2) is 4.79 Å². The summed E-state index contributed by atoms with van der Waals surface area (Å²) in [5.41, 5.74) is 6.44. The van der Waals surface area contributed by atoms with E-state index in [4.69, 9.17) is 14.2 Å². The predicted molar refractivity (Wildman–Crippen MR) is 194 cm³/mol. The topological polar surface area (TPSA) is 138 Å². The largest absolute Gasteiger partial charge is 0.497 e. The van der Waals surface area contributed by atoms with Gasteiger partial charge in [0.15, 0.2) is 0 Å². The number of hydrogen-bond acceptors (Lipinski definition) is 8. The van der Waals surface area contributed by atoms with Crippen molar-refractivity contribution in [3.63, 3.8) is 0 Å². The Morgan fingerprint density at radius 2 is 1.20 bits per heavy atom. The molecular weight excluding hydrogens is 646 g/mol. The van der Waals surface area contributed by atoms with Crippen molar-refractivity contribution >= 4 is 6.09 Å². The first kappa shape index (κ1) is 35.8. The lowest BCUT2D eigenvalue weighted by Crippen LogP contribution is -2.50. The molecule has 0 radical (unpaired) electrons. The average Bonchev–Trinajstić information content (AvgIpc) is 3.50. The SMILES string of the molecule is COc1ccc(C(OCC(O)C(O)C(O)C(O)CNC(=O)OCC2c3ccccc3-c3ccccc32)(c2ccccc2)c2ccc(C)cc2)cc1. The van der Waals surface area contributed by atoms with E-state index >= 15 is 0 Å². The van der Waals surface area contributed by atoms with Crippen LogP contribution in [0.1, 0.15) is 39.3 Å². The third-order valence-electron chi connectivity index (χ3n) is 9.54. The van der Waals surface area contributed by atoms with E-state index in [2.05, 4.69) is 5.32 Å². The zero-order valence-electron chi connectivity index (χ0n) is 28.6. The number of carbonyl (C=O) groups excluding carboxylic acids is 1. The Balaban J connectivity index is 1.11. The number of aliphatic hydroxyl groups excluding tert-OH is 4. The van der Waals surface area contributed by atoms with Gasteiger partial charge in [0.05, 0.1) is 19.8 Å². The van der Waals surface area contributed by atoms with Crippen molar-refractivity contribution in [3.05, 3.63) is 161 Å². The monoisotopic (exact) mass is 689 g/mol. The molecule has 5 N–H and O–H groups in total. The van der Waals surface area contributed by atoms with Crippen molar-refractivity contribution in [2.45, 2.75) is 42.9 Å². The Hall–Kier alpha value is -5.03. The van der Waals surface area contributed by atoms with Gasteiger partial charge in [-0.3, -0.25) is 0 Å². The maximum Gasteiger partial charge on any atom is 0.407 e. The van der Waals surface area contributed by atoms with Gasteiger partial charge in [0.1, 0.15) is 36.3 Å². The Morgan fingerprint density at radius 1 is 0.686 bits per heavy atom. The molecule has 6 rings (SSSR count). The fraction of sp³-hybridized carbons (Fsp3) is 0.262. The standard InChI is InChI=1S/C42H43NO8/c1-27-16-18-29(19-17-27)42(28-10-4-3-5-11-28,30-20-22-31(49-2)23-21-30)51-26-38(45)40(47)39(46)37(44)24-43-41(48)50-25-36-34-14-8-6-12-32(34)33-13-7-9-15-35(33)36/h3-23,36-40,44-47H,24-26H2,1-2H3,(H,43,48). The normalized spacial score (nSPS) is 15.8. The van der Waals surface area contributed by atoms with Crippen molar-refractivity contribution in [3.8, 4) is 16.9 Å². The van der Waals surface area contributed by atoms with Crippen molar-refractivity contribution < 1.29 is 39.4 Å². The summed E-state index contributed by atoms with van der Waals surface area (Å²) in [6.07, 6.45) is -7.65. The number of rotatable bonds is 14. The molecule has 1 aliphatic rings. The van der Waals surface area contributed by atoms with Crippen molar-refractivity contribution in [2.75, 3.05) is 26.9 Å². The molecule has 5 aromatic carbocycles. The minimum atomic E-state index is -1.82. The first-order valence-corrected chi connectivity index (χ1v) is 16.9. The highest BCUT2D eigenvalue weighted by Gasteiger charge is 2.40. The number of carbonyl (C=O) groups is 1. The van der Waals surface area contributed by atoms with Crippen LogP contribution in [0.15, 0.2) is 127 Å². The fourth-order valence-corrected chi connectivity index (χ4v) is 6.76. The van der Waals surface area contributed by atoms with E-state index in [9.17, 15) is 25.2 Å². The number of nitrogens with one attached hydrogen (secondary N) is 1. The molecule has 0 saturated carbocycles. The van der Waals surface area contributed by atoms with E-state index in [1.807, 2.05) is 134 Å². The number of aliphatic hydroxyl groups is 4. The number of alkyl carbamates (subject to hydrolysis) is 1. The molecule has 0 saturated heterocycles. The van der Waals surface area contributed by atoms with E-state index in [0.29, 0.717) is 5.75 Å². The van der Waals surface area contributed by atoms with Gasteiger partial charge in [-0.15, -0.1) is 0 Å². The van der Waals surface area contributed by atoms with E-state index in [0.717, 1.165) is 44.5 Å². The summed E-state index contributed by atoms with van der Waals surface area (Å²) in [6, 6.07) is 40.7. The molecule has 0 bridgehead atoms. The van der Waals surface area contributed by atoms with Crippen LogP contribution in [0.2, 0.25) is 0 Å². The van der Waals surface area contributed by atoms with Gasteiger partial charge in [-0.1, -0.05) is 121 Å². The van der Waals surface area contributed by atoms with Crippen molar-refractivity contribution in [2.24, 2.45) is 0 Å². The summed E-state index contributed by atoms with van der Waals surface area (Å²) < 4.78 is 17.5. The number of aryl methyl sites for hydroxylation is 1. The molecule has 9 heteroatoms. The molecule has 0 heterocycles. The smallest absolute Gasteiger partial charge is 0.407 e. The van der Waals surface area contributed by atoms with Crippen molar-refractivity contribution in [1.29, 1.82) is 0 Å². The van der Waals surface area contributed by atoms with Gasteiger partial charge in [-0.2, -0.15) is 0 Å². The molecule has 5 aromatic rings. The van der Waals surface area contributed by atoms with Crippen LogP contribution in [0, 0.1) is 6.92 Å². The van der Waals surface area contributed by atoms with Gasteiger partial charge >= 0.3 is 6.09 Å². The summed E-state index contributed by atoms with van der Waals surface area (Å²) in [5.74, 6) is 0.514. The highest BCUT2D eigenvalue weighted by atomic mass is 16.5. The summed E-state index contributed by atoms with van der Waals surface area (Å²) in [5, 5.41) is 46.1. The lowest BCUT2D eigenvalue weighted by atomic mass is 9.79. The highest BCUT2D eigenvalue weighted by molar-refractivity contribution is 5.79. The molecule has 9 nitrogen and oxygen atoms in total. The van der Waals surface area contributed by atoms with E-state index in [1.165, 1.54) is 0 Å². The Bertz CT molecular complexity index is 1850. The second-order valence-electron chi connectivity index (χ2n) is 12.8. The molecule has 1 amide bonds. The van der Waals surface area contributed by atoms with Crippen LogP contribution in [0.4, 0.5) is 4.79 Å². The Kier molecular flexibility index (Phi) is 11.1. The zero-order chi connectivity index (χ0) is 36.0. The summed E-state index contributed by atoms with van der Waals surface area (Å²) >= 11 is 0. The van der Waals surface area contributed by atoms with Crippen molar-refractivity contribution in [1.82, 2.24) is 5.32 Å². The lowest BCUT2D eigenvalue weighted by molar-refractivity contribution is -0.133. The predicted octanol–water partition coefficient (Wildman–Crippen LogP) is 5.29. The molecule has 5 atom stereocenters. The average molecular weight is 690 g/mol. The number of methoxy groups -OCH3 is 1. The molecule has 264 valence electrons. The third-order valence-corrected chi connectivity index (χ3v) is 9.54. The van der Waals surface area contributed by atoms with Gasteiger partial charge in [0.25, 0.3) is 0 Å². The minimum Gasteiger partial charge on any atom is -0.497 e. The van der Waals surface area contributed by atoms with Gasteiger partial charge in [0, 0.05) is 12.5 Å². The van der Waals surface area contributed by atoms with Gasteiger partial charge in [0.2, 0.25) is 0 Å². The third kappa shape index (κ3) is 7.54. The summed E-state index contributed by atoms with van der Waals surface area (Å²) in [7, 11) is 1.58. The van der Waals surface area contributed by atoms with Crippen LogP contribution in [0.25, 0.3) is 11.1 Å². The van der Waals surface area contributed by atoms with Crippen LogP contribution >= 0.6 is 0 Å². The van der Waals surface area contributed by atoms with E-state index in [1.54, 1.807) is 7.11 Å². The number of ether oxygens (including phenoxy) is 3. The quantitative estimate of drug-likeness (QED) is 0.0993. The number of benzene rings is 5. The van der Waals surface area contributed by atoms with Gasteiger partial charge in [-0.05, 0) is 58.0 Å². The molecule has 5 unspecified atom stereocenters. The zero-order valence-corrected chi connectivity index (χ0v) is 28.6. The first-order chi connectivity index (χ1) is 24.7. The number of fused-ring (bicyclic) bond motifs is 3. The summed E-state index contributed by atoms with van der Waals surface area (Å²) in [6.45, 7) is 1.22. The van der Waals surface area contributed by atoms with E-state index < -0.39 is 49.3 Å².